The molecule has 4 aliphatic heterocycles. The van der Waals surface area contributed by atoms with Crippen LogP contribution < -0.4 is 9.64 Å². The van der Waals surface area contributed by atoms with Gasteiger partial charge in [0.15, 0.2) is 28.7 Å². The summed E-state index contributed by atoms with van der Waals surface area (Å²) in [6.45, 7) is 10.8. The monoisotopic (exact) mass is 727 g/mol. The standard InChI is InChI=1S/C39H53N9O5/c1-24(28-23-40-47(25(28)2)30-13-5-8-19-49-30)46-18-20-50-37-31-35(46)41-34(42-36(31)48(43-37)26(3)29-12-10-17-45(29)4)32-27-11-9-15-38(33(27)53-44-32)14-6-7-16-39(38)51-21-22-52-39/h23-24,26,29-30H,5-22H2,1-4H3/t24?,26-,29-,30?,38-/m0/s1. The van der Waals surface area contributed by atoms with Gasteiger partial charge in [-0.3, -0.25) is 0 Å². The lowest BCUT2D eigenvalue weighted by molar-refractivity contribution is -0.235. The van der Waals surface area contributed by atoms with E-state index in [-0.39, 0.29) is 23.7 Å². The number of nitrogens with zero attached hydrogens (tertiary/aromatic N) is 9. The van der Waals surface area contributed by atoms with Crippen LogP contribution in [0.2, 0.25) is 0 Å². The number of anilines is 1. The van der Waals surface area contributed by atoms with Crippen molar-refractivity contribution in [1.82, 2.24) is 39.6 Å². The number of likely N-dealkylation sites (tertiary alicyclic amines) is 1. The Balaban J connectivity index is 1.12. The SMILES string of the molecule is Cc1c(C(C)N2CCOc3nn([C@@H](C)[C@@H]4CCCN4C)c4nc(-c5noc6c5CCC[C@@]65CCCCC56OCCO6)nc2c34)cnn1C1CCCCO1. The van der Waals surface area contributed by atoms with Crippen molar-refractivity contribution in [2.75, 3.05) is 51.5 Å². The van der Waals surface area contributed by atoms with Gasteiger partial charge in [-0.2, -0.15) is 5.10 Å². The summed E-state index contributed by atoms with van der Waals surface area (Å²) in [6.07, 6.45) is 14.3. The van der Waals surface area contributed by atoms with Gasteiger partial charge in [-0.15, -0.1) is 5.10 Å². The molecule has 0 aromatic carbocycles. The molecule has 0 amide bonds. The van der Waals surface area contributed by atoms with E-state index >= 15 is 0 Å². The van der Waals surface area contributed by atoms with Crippen LogP contribution in [0.4, 0.5) is 5.82 Å². The van der Waals surface area contributed by atoms with Crippen LogP contribution in [0.3, 0.4) is 0 Å². The normalized spacial score (nSPS) is 28.4. The topological polar surface area (TPSA) is 131 Å². The summed E-state index contributed by atoms with van der Waals surface area (Å²) in [6, 6.07) is 0.366. The maximum atomic E-state index is 6.50. The third-order valence-corrected chi connectivity index (χ3v) is 13.6. The zero-order valence-electron chi connectivity index (χ0n) is 31.7. The lowest BCUT2D eigenvalue weighted by Gasteiger charge is -2.50. The van der Waals surface area contributed by atoms with E-state index in [0.717, 1.165) is 123 Å². The molecule has 2 spiro atoms. The maximum absolute atomic E-state index is 6.50. The molecule has 3 saturated heterocycles. The maximum Gasteiger partial charge on any atom is 0.246 e. The average Bonchev–Trinajstić information content (AvgIpc) is 4.02. The summed E-state index contributed by atoms with van der Waals surface area (Å²) in [7, 11) is 2.21. The first-order valence-electron chi connectivity index (χ1n) is 20.2. The van der Waals surface area contributed by atoms with E-state index in [1.165, 1.54) is 6.42 Å². The van der Waals surface area contributed by atoms with Crippen molar-refractivity contribution in [2.45, 2.75) is 133 Å². The van der Waals surface area contributed by atoms with Gasteiger partial charge in [-0.05, 0) is 98.6 Å². The first-order chi connectivity index (χ1) is 25.9. The summed E-state index contributed by atoms with van der Waals surface area (Å²) < 4.78 is 36.2. The van der Waals surface area contributed by atoms with Gasteiger partial charge in [0, 0.05) is 35.9 Å². The van der Waals surface area contributed by atoms with Crippen LogP contribution in [0.5, 0.6) is 5.88 Å². The molecule has 284 valence electrons. The minimum absolute atomic E-state index is 0.0282. The highest BCUT2D eigenvalue weighted by Crippen LogP contribution is 2.57. The molecule has 0 bridgehead atoms. The molecule has 4 aromatic rings. The van der Waals surface area contributed by atoms with Crippen molar-refractivity contribution < 1.29 is 23.5 Å². The van der Waals surface area contributed by atoms with Gasteiger partial charge in [0.05, 0.1) is 43.5 Å². The zero-order chi connectivity index (χ0) is 35.9. The van der Waals surface area contributed by atoms with E-state index in [1.54, 1.807) is 0 Å². The van der Waals surface area contributed by atoms with Crippen molar-refractivity contribution in [3.05, 3.63) is 28.8 Å². The van der Waals surface area contributed by atoms with Crippen LogP contribution in [-0.2, 0) is 26.0 Å². The molecule has 8 heterocycles. The Bertz CT molecular complexity index is 1990. The Morgan fingerprint density at radius 2 is 1.75 bits per heavy atom. The predicted octanol–water partition coefficient (Wildman–Crippen LogP) is 6.19. The number of ether oxygens (including phenoxy) is 4. The highest BCUT2D eigenvalue weighted by atomic mass is 16.7. The number of likely N-dealkylation sites (N-methyl/N-ethyl adjacent to an activating group) is 1. The van der Waals surface area contributed by atoms with Gasteiger partial charge >= 0.3 is 0 Å². The van der Waals surface area contributed by atoms with E-state index < -0.39 is 5.79 Å². The lowest BCUT2D eigenvalue weighted by Crippen LogP contribution is -2.56. The van der Waals surface area contributed by atoms with Crippen LogP contribution >= 0.6 is 0 Å². The second-order valence-corrected chi connectivity index (χ2v) is 16.4. The fourth-order valence-electron chi connectivity index (χ4n) is 10.8. The minimum atomic E-state index is -0.656. The lowest BCUT2D eigenvalue weighted by atomic mass is 9.61. The molecule has 0 N–H and O–H groups in total. The molecule has 0 radical (unpaired) electrons. The number of aromatic nitrogens is 7. The second kappa shape index (κ2) is 13.0. The number of hydrogen-bond acceptors (Lipinski definition) is 12. The Labute approximate surface area is 310 Å². The molecule has 6 aliphatic rings. The summed E-state index contributed by atoms with van der Waals surface area (Å²) in [5, 5.41) is 15.7. The van der Waals surface area contributed by atoms with E-state index in [0.29, 0.717) is 49.8 Å². The number of fused-ring (bicyclic) bond motifs is 3. The van der Waals surface area contributed by atoms with Gasteiger partial charge < -0.3 is 33.3 Å². The molecular weight excluding hydrogens is 674 g/mol. The summed E-state index contributed by atoms with van der Waals surface area (Å²) in [5.41, 5.74) is 4.47. The Morgan fingerprint density at radius 3 is 2.57 bits per heavy atom. The van der Waals surface area contributed by atoms with Crippen molar-refractivity contribution >= 4 is 16.9 Å². The van der Waals surface area contributed by atoms with E-state index in [9.17, 15) is 0 Å². The average molecular weight is 728 g/mol. The fraction of sp³-hybridized carbons (Fsp3) is 0.718. The number of hydrogen-bond donors (Lipinski definition) is 0. The van der Waals surface area contributed by atoms with Gasteiger partial charge in [-0.25, -0.2) is 19.3 Å². The second-order valence-electron chi connectivity index (χ2n) is 16.4. The molecule has 14 nitrogen and oxygen atoms in total. The number of rotatable bonds is 6. The Kier molecular flexibility index (Phi) is 8.34. The minimum Gasteiger partial charge on any atom is -0.474 e. The van der Waals surface area contributed by atoms with Crippen molar-refractivity contribution in [2.24, 2.45) is 0 Å². The smallest absolute Gasteiger partial charge is 0.246 e. The molecule has 4 aromatic heterocycles. The van der Waals surface area contributed by atoms with Crippen LogP contribution in [0.1, 0.15) is 125 Å². The van der Waals surface area contributed by atoms with Gasteiger partial charge in [0.1, 0.15) is 24.0 Å². The fourth-order valence-corrected chi connectivity index (χ4v) is 10.8. The first-order valence-corrected chi connectivity index (χ1v) is 20.2. The van der Waals surface area contributed by atoms with E-state index in [4.69, 9.17) is 48.8 Å². The highest BCUT2D eigenvalue weighted by molar-refractivity contribution is 5.94. The molecule has 2 aliphatic carbocycles. The van der Waals surface area contributed by atoms with Crippen LogP contribution in [-0.4, -0.2) is 98.0 Å². The molecule has 14 heteroatoms. The third kappa shape index (κ3) is 5.14. The molecule has 4 fully saturated rings. The molecule has 5 atom stereocenters. The first kappa shape index (κ1) is 33.9. The quantitative estimate of drug-likeness (QED) is 0.224. The largest absolute Gasteiger partial charge is 0.474 e. The molecule has 1 saturated carbocycles. The van der Waals surface area contributed by atoms with Gasteiger partial charge in [0.2, 0.25) is 5.88 Å². The Morgan fingerprint density at radius 1 is 0.906 bits per heavy atom. The summed E-state index contributed by atoms with van der Waals surface area (Å²) >= 11 is 0. The van der Waals surface area contributed by atoms with Crippen LogP contribution in [0, 0.1) is 6.92 Å². The zero-order valence-corrected chi connectivity index (χ0v) is 31.7. The summed E-state index contributed by atoms with van der Waals surface area (Å²) in [4.78, 5) is 15.6. The molecule has 10 rings (SSSR count). The van der Waals surface area contributed by atoms with Crippen molar-refractivity contribution in [1.29, 1.82) is 0 Å². The van der Waals surface area contributed by atoms with Gasteiger partial charge in [0.25, 0.3) is 0 Å². The van der Waals surface area contributed by atoms with Crippen LogP contribution in [0.15, 0.2) is 10.7 Å². The van der Waals surface area contributed by atoms with Crippen molar-refractivity contribution in [3.8, 4) is 17.4 Å². The van der Waals surface area contributed by atoms with Crippen LogP contribution in [0.25, 0.3) is 22.6 Å². The molecule has 53 heavy (non-hydrogen) atoms. The summed E-state index contributed by atoms with van der Waals surface area (Å²) in [5.74, 6) is 2.22. The van der Waals surface area contributed by atoms with E-state index in [1.807, 2.05) is 6.20 Å². The van der Waals surface area contributed by atoms with E-state index in [2.05, 4.69) is 47.0 Å². The highest BCUT2D eigenvalue weighted by Gasteiger charge is 2.61. The Hall–Kier alpha value is -3.59. The van der Waals surface area contributed by atoms with Gasteiger partial charge in [-0.1, -0.05) is 11.6 Å². The molecular formula is C39H53N9O5. The predicted molar refractivity (Wildman–Crippen MR) is 196 cm³/mol. The van der Waals surface area contributed by atoms with Crippen molar-refractivity contribution in [3.63, 3.8) is 0 Å². The molecule has 2 unspecified atom stereocenters. The third-order valence-electron chi connectivity index (χ3n) is 13.6.